The molecular formula is C17H27FN2. The van der Waals surface area contributed by atoms with Gasteiger partial charge in [-0.05, 0) is 50.3 Å². The van der Waals surface area contributed by atoms with Crippen molar-refractivity contribution < 1.29 is 4.39 Å². The number of halogens is 1. The average Bonchev–Trinajstić information content (AvgIpc) is 2.64. The molecule has 0 aliphatic carbocycles. The molecule has 1 heterocycles. The van der Waals surface area contributed by atoms with Gasteiger partial charge in [0, 0.05) is 18.6 Å². The van der Waals surface area contributed by atoms with Gasteiger partial charge in [-0.2, -0.15) is 0 Å². The van der Waals surface area contributed by atoms with Crippen molar-refractivity contribution in [1.29, 1.82) is 0 Å². The zero-order valence-corrected chi connectivity index (χ0v) is 12.7. The lowest BCUT2D eigenvalue weighted by Gasteiger charge is -2.30. The first-order valence-electron chi connectivity index (χ1n) is 7.92. The van der Waals surface area contributed by atoms with Gasteiger partial charge in [0.1, 0.15) is 5.82 Å². The van der Waals surface area contributed by atoms with Gasteiger partial charge >= 0.3 is 0 Å². The fraction of sp³-hybridized carbons (Fsp3) is 0.647. The van der Waals surface area contributed by atoms with E-state index in [1.165, 1.54) is 12.8 Å². The van der Waals surface area contributed by atoms with Gasteiger partial charge in [0.25, 0.3) is 0 Å². The fourth-order valence-electron chi connectivity index (χ4n) is 2.99. The second-order valence-corrected chi connectivity index (χ2v) is 6.05. The van der Waals surface area contributed by atoms with Crippen LogP contribution < -0.4 is 10.6 Å². The monoisotopic (exact) mass is 278 g/mol. The van der Waals surface area contributed by atoms with Crippen LogP contribution in [0.25, 0.3) is 0 Å². The van der Waals surface area contributed by atoms with Gasteiger partial charge < -0.3 is 10.6 Å². The third-order valence-corrected chi connectivity index (χ3v) is 4.40. The Bertz CT molecular complexity index is 433. The zero-order valence-electron chi connectivity index (χ0n) is 12.7. The first-order valence-corrected chi connectivity index (χ1v) is 7.92. The maximum absolute atomic E-state index is 14.4. The third-order valence-electron chi connectivity index (χ3n) is 4.40. The Labute approximate surface area is 122 Å². The number of anilines is 1. The Morgan fingerprint density at radius 2 is 2.15 bits per heavy atom. The second-order valence-electron chi connectivity index (χ2n) is 6.05. The lowest BCUT2D eigenvalue weighted by Crippen LogP contribution is -2.33. The lowest BCUT2D eigenvalue weighted by atomic mass is 10.0. The minimum Gasteiger partial charge on any atom is -0.366 e. The van der Waals surface area contributed by atoms with Crippen molar-refractivity contribution >= 4 is 5.69 Å². The van der Waals surface area contributed by atoms with E-state index in [2.05, 4.69) is 18.7 Å². The topological polar surface area (TPSA) is 29.3 Å². The molecule has 0 bridgehead atoms. The molecule has 20 heavy (non-hydrogen) atoms. The molecule has 0 radical (unpaired) electrons. The van der Waals surface area contributed by atoms with Gasteiger partial charge in [-0.15, -0.1) is 0 Å². The summed E-state index contributed by atoms with van der Waals surface area (Å²) in [6, 6.07) is 6.19. The Morgan fingerprint density at radius 1 is 1.35 bits per heavy atom. The maximum atomic E-state index is 14.4. The van der Waals surface area contributed by atoms with E-state index in [4.69, 9.17) is 5.73 Å². The summed E-state index contributed by atoms with van der Waals surface area (Å²) >= 11 is 0. The summed E-state index contributed by atoms with van der Waals surface area (Å²) in [5.41, 5.74) is 7.71. The van der Waals surface area contributed by atoms with Gasteiger partial charge in [0.05, 0.1) is 5.69 Å². The molecule has 1 aliphatic heterocycles. The summed E-state index contributed by atoms with van der Waals surface area (Å²) in [5, 5.41) is 0. The first-order chi connectivity index (χ1) is 9.61. The highest BCUT2D eigenvalue weighted by molar-refractivity contribution is 5.50. The standard InChI is InChI=1S/C17H27FN2/c1-3-15(19)11-14-8-9-17(16(18)12-14)20-10-6-4-5-7-13(20)2/h8-9,12-13,15H,3-7,10-11,19H2,1-2H3. The SMILES string of the molecule is CCC(N)Cc1ccc(N2CCCCCC2C)c(F)c1. The van der Waals surface area contributed by atoms with Crippen molar-refractivity contribution in [1.82, 2.24) is 0 Å². The molecule has 2 atom stereocenters. The van der Waals surface area contributed by atoms with Gasteiger partial charge in [0.2, 0.25) is 0 Å². The van der Waals surface area contributed by atoms with Crippen LogP contribution in [0.15, 0.2) is 18.2 Å². The minimum absolute atomic E-state index is 0.0976. The van der Waals surface area contributed by atoms with Crippen LogP contribution in [0, 0.1) is 5.82 Å². The lowest BCUT2D eigenvalue weighted by molar-refractivity contribution is 0.577. The molecule has 0 saturated carbocycles. The predicted octanol–water partition coefficient (Wildman–Crippen LogP) is 3.87. The number of hydrogen-bond acceptors (Lipinski definition) is 2. The molecule has 1 aliphatic rings. The van der Waals surface area contributed by atoms with Crippen LogP contribution in [0.2, 0.25) is 0 Å². The van der Waals surface area contributed by atoms with Crippen molar-refractivity contribution in [3.63, 3.8) is 0 Å². The molecule has 2 N–H and O–H groups in total. The van der Waals surface area contributed by atoms with E-state index >= 15 is 0 Å². The number of nitrogens with zero attached hydrogens (tertiary/aromatic N) is 1. The molecule has 0 spiro atoms. The van der Waals surface area contributed by atoms with Crippen LogP contribution in [-0.2, 0) is 6.42 Å². The van der Waals surface area contributed by atoms with Crippen LogP contribution in [0.1, 0.15) is 51.5 Å². The Hall–Kier alpha value is -1.09. The molecule has 0 amide bonds. The smallest absolute Gasteiger partial charge is 0.146 e. The molecule has 1 aromatic rings. The van der Waals surface area contributed by atoms with Crippen LogP contribution in [0.3, 0.4) is 0 Å². The maximum Gasteiger partial charge on any atom is 0.146 e. The molecule has 1 saturated heterocycles. The Kier molecular flexibility index (Phi) is 5.41. The molecule has 1 aromatic carbocycles. The zero-order chi connectivity index (χ0) is 14.5. The summed E-state index contributed by atoms with van der Waals surface area (Å²) in [7, 11) is 0. The van der Waals surface area contributed by atoms with Gasteiger partial charge in [-0.25, -0.2) is 4.39 Å². The molecule has 3 heteroatoms. The molecule has 1 fully saturated rings. The van der Waals surface area contributed by atoms with Crippen LogP contribution in [0.4, 0.5) is 10.1 Å². The van der Waals surface area contributed by atoms with Gasteiger partial charge in [-0.3, -0.25) is 0 Å². The number of hydrogen-bond donors (Lipinski definition) is 1. The van der Waals surface area contributed by atoms with E-state index in [1.54, 1.807) is 6.07 Å². The van der Waals surface area contributed by atoms with E-state index in [-0.39, 0.29) is 11.9 Å². The highest BCUT2D eigenvalue weighted by atomic mass is 19.1. The van der Waals surface area contributed by atoms with Crippen molar-refractivity contribution in [2.24, 2.45) is 5.73 Å². The van der Waals surface area contributed by atoms with Crippen LogP contribution in [0.5, 0.6) is 0 Å². The van der Waals surface area contributed by atoms with E-state index < -0.39 is 0 Å². The largest absolute Gasteiger partial charge is 0.366 e. The minimum atomic E-state index is -0.0976. The van der Waals surface area contributed by atoms with Gasteiger partial charge in [0.15, 0.2) is 0 Å². The summed E-state index contributed by atoms with van der Waals surface area (Å²) in [4.78, 5) is 2.23. The highest BCUT2D eigenvalue weighted by Gasteiger charge is 2.20. The summed E-state index contributed by atoms with van der Waals surface area (Å²) in [6.45, 7) is 5.23. The normalized spacial score (nSPS) is 21.6. The number of rotatable bonds is 4. The number of nitrogens with two attached hydrogens (primary N) is 1. The van der Waals surface area contributed by atoms with Gasteiger partial charge in [-0.1, -0.05) is 25.8 Å². The fourth-order valence-corrected chi connectivity index (χ4v) is 2.99. The molecule has 2 rings (SSSR count). The molecule has 112 valence electrons. The molecule has 2 nitrogen and oxygen atoms in total. The predicted molar refractivity (Wildman–Crippen MR) is 83.6 cm³/mol. The van der Waals surface area contributed by atoms with Crippen molar-refractivity contribution in [2.75, 3.05) is 11.4 Å². The van der Waals surface area contributed by atoms with Crippen LogP contribution >= 0.6 is 0 Å². The molecule has 0 aromatic heterocycles. The first kappa shape index (κ1) is 15.3. The average molecular weight is 278 g/mol. The Balaban J connectivity index is 2.15. The van der Waals surface area contributed by atoms with Crippen molar-refractivity contribution in [2.45, 2.75) is 64.5 Å². The summed E-state index contributed by atoms with van der Waals surface area (Å²) in [5.74, 6) is -0.0976. The molecular weight excluding hydrogens is 251 g/mol. The van der Waals surface area contributed by atoms with E-state index in [9.17, 15) is 4.39 Å². The van der Waals surface area contributed by atoms with Crippen LogP contribution in [-0.4, -0.2) is 18.6 Å². The van der Waals surface area contributed by atoms with Crippen molar-refractivity contribution in [3.05, 3.63) is 29.6 Å². The van der Waals surface area contributed by atoms with E-state index in [1.807, 2.05) is 12.1 Å². The number of benzene rings is 1. The van der Waals surface area contributed by atoms with E-state index in [0.717, 1.165) is 43.5 Å². The van der Waals surface area contributed by atoms with Crippen molar-refractivity contribution in [3.8, 4) is 0 Å². The van der Waals surface area contributed by atoms with E-state index in [0.29, 0.717) is 6.04 Å². The second kappa shape index (κ2) is 7.07. The quantitative estimate of drug-likeness (QED) is 0.905. The summed E-state index contributed by atoms with van der Waals surface area (Å²) in [6.07, 6.45) is 6.50. The molecule has 2 unspecified atom stereocenters. The summed E-state index contributed by atoms with van der Waals surface area (Å²) < 4.78 is 14.4. The highest BCUT2D eigenvalue weighted by Crippen LogP contribution is 2.27. The third kappa shape index (κ3) is 3.72. The Morgan fingerprint density at radius 3 is 2.85 bits per heavy atom.